The van der Waals surface area contributed by atoms with Crippen LogP contribution in [0.25, 0.3) is 22.2 Å². The SMILES string of the molecule is O=C(O)c1nc(-c2ccc3[nH]c(=O)ccc3c2)cs1. The van der Waals surface area contributed by atoms with Crippen molar-refractivity contribution in [2.45, 2.75) is 0 Å². The molecular formula is C13H8N2O3S. The fraction of sp³-hybridized carbons (Fsp3) is 0. The van der Waals surface area contributed by atoms with Crippen LogP contribution in [0.2, 0.25) is 0 Å². The van der Waals surface area contributed by atoms with Gasteiger partial charge in [-0.15, -0.1) is 11.3 Å². The molecule has 0 aliphatic carbocycles. The van der Waals surface area contributed by atoms with E-state index in [2.05, 4.69) is 9.97 Å². The summed E-state index contributed by atoms with van der Waals surface area (Å²) in [5.74, 6) is -1.03. The lowest BCUT2D eigenvalue weighted by Crippen LogP contribution is -2.02. The van der Waals surface area contributed by atoms with Crippen molar-refractivity contribution >= 4 is 28.2 Å². The van der Waals surface area contributed by atoms with E-state index in [1.165, 1.54) is 6.07 Å². The van der Waals surface area contributed by atoms with E-state index in [4.69, 9.17) is 5.11 Å². The molecule has 2 N–H and O–H groups in total. The van der Waals surface area contributed by atoms with Crippen molar-refractivity contribution in [2.75, 3.05) is 0 Å². The van der Waals surface area contributed by atoms with E-state index >= 15 is 0 Å². The highest BCUT2D eigenvalue weighted by atomic mass is 32.1. The summed E-state index contributed by atoms with van der Waals surface area (Å²) in [7, 11) is 0. The molecule has 0 radical (unpaired) electrons. The van der Waals surface area contributed by atoms with Crippen LogP contribution in [0.4, 0.5) is 0 Å². The summed E-state index contributed by atoms with van der Waals surface area (Å²) in [6, 6.07) is 8.63. The van der Waals surface area contributed by atoms with Gasteiger partial charge in [0.25, 0.3) is 0 Å². The number of hydrogen-bond donors (Lipinski definition) is 2. The first-order valence-corrected chi connectivity index (χ1v) is 6.34. The molecule has 0 amide bonds. The van der Waals surface area contributed by atoms with Crippen LogP contribution in [0.3, 0.4) is 0 Å². The Morgan fingerprint density at radius 2 is 2.11 bits per heavy atom. The van der Waals surface area contributed by atoms with Crippen molar-refractivity contribution in [2.24, 2.45) is 0 Å². The fourth-order valence-corrected chi connectivity index (χ4v) is 2.48. The van der Waals surface area contributed by atoms with E-state index in [0.717, 1.165) is 27.8 Å². The molecule has 0 fully saturated rings. The highest BCUT2D eigenvalue weighted by molar-refractivity contribution is 7.11. The van der Waals surface area contributed by atoms with Crippen LogP contribution >= 0.6 is 11.3 Å². The number of thiazole rings is 1. The van der Waals surface area contributed by atoms with Crippen molar-refractivity contribution in [3.05, 3.63) is 51.1 Å². The van der Waals surface area contributed by atoms with Crippen LogP contribution in [-0.4, -0.2) is 21.0 Å². The van der Waals surface area contributed by atoms with Crippen LogP contribution in [0.1, 0.15) is 9.80 Å². The molecule has 0 saturated heterocycles. The fourth-order valence-electron chi connectivity index (χ4n) is 1.82. The van der Waals surface area contributed by atoms with Gasteiger partial charge in [0.2, 0.25) is 10.6 Å². The van der Waals surface area contributed by atoms with Crippen LogP contribution in [0, 0.1) is 0 Å². The molecule has 19 heavy (non-hydrogen) atoms. The second-order valence-electron chi connectivity index (χ2n) is 3.97. The highest BCUT2D eigenvalue weighted by Crippen LogP contribution is 2.24. The van der Waals surface area contributed by atoms with Crippen molar-refractivity contribution < 1.29 is 9.90 Å². The van der Waals surface area contributed by atoms with E-state index in [-0.39, 0.29) is 10.6 Å². The number of benzene rings is 1. The number of nitrogens with one attached hydrogen (secondary N) is 1. The van der Waals surface area contributed by atoms with Gasteiger partial charge in [0.15, 0.2) is 0 Å². The standard InChI is InChI=1S/C13H8N2O3S/c16-11-4-2-7-5-8(1-3-9(7)14-11)10-6-19-12(15-10)13(17)18/h1-6H,(H,14,16)(H,17,18). The lowest BCUT2D eigenvalue weighted by Gasteiger charge is -2.00. The Hall–Kier alpha value is -2.47. The average molecular weight is 272 g/mol. The first kappa shape index (κ1) is 11.6. The van der Waals surface area contributed by atoms with Crippen molar-refractivity contribution in [3.63, 3.8) is 0 Å². The number of nitrogens with zero attached hydrogens (tertiary/aromatic N) is 1. The normalized spacial score (nSPS) is 10.7. The van der Waals surface area contributed by atoms with Gasteiger partial charge in [0, 0.05) is 22.5 Å². The van der Waals surface area contributed by atoms with E-state index < -0.39 is 5.97 Å². The van der Waals surface area contributed by atoms with E-state index in [9.17, 15) is 9.59 Å². The molecule has 3 rings (SSSR count). The number of fused-ring (bicyclic) bond motifs is 1. The zero-order valence-corrected chi connectivity index (χ0v) is 10.4. The summed E-state index contributed by atoms with van der Waals surface area (Å²) >= 11 is 1.09. The maximum absolute atomic E-state index is 11.2. The molecule has 5 nitrogen and oxygen atoms in total. The Morgan fingerprint density at radius 3 is 2.84 bits per heavy atom. The average Bonchev–Trinajstić information content (AvgIpc) is 2.88. The Labute approximate surface area is 111 Å². The molecular weight excluding hydrogens is 264 g/mol. The molecule has 0 bridgehead atoms. The van der Waals surface area contributed by atoms with Gasteiger partial charge < -0.3 is 10.1 Å². The molecule has 0 unspecified atom stereocenters. The first-order chi connectivity index (χ1) is 9.13. The van der Waals surface area contributed by atoms with Gasteiger partial charge >= 0.3 is 5.97 Å². The summed E-state index contributed by atoms with van der Waals surface area (Å²) in [6.07, 6.45) is 0. The molecule has 1 aromatic carbocycles. The van der Waals surface area contributed by atoms with Crippen molar-refractivity contribution in [3.8, 4) is 11.3 Å². The minimum atomic E-state index is -1.03. The molecule has 0 aliphatic heterocycles. The monoisotopic (exact) mass is 272 g/mol. The lowest BCUT2D eigenvalue weighted by molar-refractivity contribution is 0.0696. The number of pyridine rings is 1. The number of carbonyl (C=O) groups is 1. The third kappa shape index (κ3) is 2.13. The summed E-state index contributed by atoms with van der Waals surface area (Å²) in [5, 5.41) is 11.5. The molecule has 0 atom stereocenters. The van der Waals surface area contributed by atoms with Gasteiger partial charge in [-0.1, -0.05) is 6.07 Å². The van der Waals surface area contributed by atoms with Crippen molar-refractivity contribution in [1.82, 2.24) is 9.97 Å². The quantitative estimate of drug-likeness (QED) is 0.750. The van der Waals surface area contributed by atoms with Gasteiger partial charge in [-0.25, -0.2) is 9.78 Å². The number of aromatic carboxylic acids is 1. The van der Waals surface area contributed by atoms with Crippen LogP contribution in [0.5, 0.6) is 0 Å². The maximum Gasteiger partial charge on any atom is 0.365 e. The number of carboxylic acid groups (broad SMARTS) is 1. The Morgan fingerprint density at radius 1 is 1.26 bits per heavy atom. The number of rotatable bonds is 2. The topological polar surface area (TPSA) is 83.0 Å². The Kier molecular flexibility index (Phi) is 2.64. The van der Waals surface area contributed by atoms with Gasteiger partial charge in [-0.05, 0) is 23.6 Å². The Balaban J connectivity index is 2.11. The number of hydrogen-bond acceptors (Lipinski definition) is 4. The number of aromatic nitrogens is 2. The zero-order valence-electron chi connectivity index (χ0n) is 9.58. The molecule has 94 valence electrons. The van der Waals surface area contributed by atoms with E-state index in [0.29, 0.717) is 5.69 Å². The molecule has 2 aromatic heterocycles. The van der Waals surface area contributed by atoms with Crippen LogP contribution in [0.15, 0.2) is 40.5 Å². The molecule has 0 spiro atoms. The zero-order chi connectivity index (χ0) is 13.4. The summed E-state index contributed by atoms with van der Waals surface area (Å²) in [5.41, 5.74) is 2.03. The van der Waals surface area contributed by atoms with Gasteiger partial charge in [-0.2, -0.15) is 0 Å². The smallest absolute Gasteiger partial charge is 0.365 e. The number of H-pyrrole nitrogens is 1. The van der Waals surface area contributed by atoms with Gasteiger partial charge in [0.05, 0.1) is 5.69 Å². The maximum atomic E-state index is 11.2. The summed E-state index contributed by atoms with van der Waals surface area (Å²) in [4.78, 5) is 28.8. The summed E-state index contributed by atoms with van der Waals surface area (Å²) < 4.78 is 0. The first-order valence-electron chi connectivity index (χ1n) is 5.46. The van der Waals surface area contributed by atoms with E-state index in [1.807, 2.05) is 6.07 Å². The molecule has 3 aromatic rings. The molecule has 2 heterocycles. The van der Waals surface area contributed by atoms with Gasteiger partial charge in [0.1, 0.15) is 0 Å². The molecule has 0 aliphatic rings. The third-order valence-electron chi connectivity index (χ3n) is 2.71. The molecule has 0 saturated carbocycles. The summed E-state index contributed by atoms with van der Waals surface area (Å²) in [6.45, 7) is 0. The second-order valence-corrected chi connectivity index (χ2v) is 4.83. The third-order valence-corrected chi connectivity index (χ3v) is 3.54. The largest absolute Gasteiger partial charge is 0.476 e. The lowest BCUT2D eigenvalue weighted by atomic mass is 10.1. The minimum absolute atomic E-state index is 0.0663. The molecule has 6 heteroatoms. The predicted molar refractivity (Wildman–Crippen MR) is 72.6 cm³/mol. The van der Waals surface area contributed by atoms with Crippen molar-refractivity contribution in [1.29, 1.82) is 0 Å². The second kappa shape index (κ2) is 4.33. The Bertz CT molecular complexity index is 835. The highest BCUT2D eigenvalue weighted by Gasteiger charge is 2.10. The predicted octanol–water partition coefficient (Wildman–Crippen LogP) is 2.35. The number of aromatic amines is 1. The van der Waals surface area contributed by atoms with Crippen LogP contribution < -0.4 is 5.56 Å². The minimum Gasteiger partial charge on any atom is -0.476 e. The van der Waals surface area contributed by atoms with Gasteiger partial charge in [-0.3, -0.25) is 4.79 Å². The number of carboxylic acids is 1. The van der Waals surface area contributed by atoms with Crippen LogP contribution in [-0.2, 0) is 0 Å². The van der Waals surface area contributed by atoms with E-state index in [1.54, 1.807) is 23.6 Å².